The lowest BCUT2D eigenvalue weighted by Gasteiger charge is -2.44. The highest BCUT2D eigenvalue weighted by Gasteiger charge is 2.41. The molecule has 2 atom stereocenters. The van der Waals surface area contributed by atoms with Crippen LogP contribution in [0.3, 0.4) is 0 Å². The van der Waals surface area contributed by atoms with Crippen LogP contribution in [0, 0.1) is 0 Å². The average Bonchev–Trinajstić information content (AvgIpc) is 2.46. The molecule has 0 saturated heterocycles. The highest BCUT2D eigenvalue weighted by Crippen LogP contribution is 2.54. The molecule has 86 valence electrons. The minimum atomic E-state index is 0.206. The average molecular weight is 230 g/mol. The van der Waals surface area contributed by atoms with Gasteiger partial charge in [-0.2, -0.15) is 0 Å². The predicted octanol–water partition coefficient (Wildman–Crippen LogP) is 4.55. The van der Waals surface area contributed by atoms with Crippen LogP contribution in [0.5, 0.6) is 0 Å². The van der Waals surface area contributed by atoms with E-state index in [0.717, 1.165) is 0 Å². The Kier molecular flexibility index (Phi) is 1.41. The smallest absolute Gasteiger partial charge is 0.0325 e. The molecule has 0 fully saturated rings. The molecule has 0 aliphatic heterocycles. The monoisotopic (exact) mass is 230 g/mol. The molecule has 0 amide bonds. The van der Waals surface area contributed by atoms with Gasteiger partial charge in [-0.05, 0) is 40.3 Å². The third-order valence-electron chi connectivity index (χ3n) is 5.03. The van der Waals surface area contributed by atoms with E-state index in [1.54, 1.807) is 11.1 Å². The number of benzene rings is 2. The van der Waals surface area contributed by atoms with Crippen LogP contribution < -0.4 is 0 Å². The van der Waals surface area contributed by atoms with Crippen molar-refractivity contribution in [3.63, 3.8) is 0 Å². The van der Waals surface area contributed by atoms with Crippen molar-refractivity contribution in [2.45, 2.75) is 24.2 Å². The van der Waals surface area contributed by atoms with E-state index in [1.165, 1.54) is 29.2 Å². The molecule has 0 aromatic heterocycles. The molecule has 2 aromatic carbocycles. The molecule has 0 nitrogen and oxygen atoms in total. The van der Waals surface area contributed by atoms with Gasteiger partial charge < -0.3 is 0 Å². The van der Waals surface area contributed by atoms with Gasteiger partial charge in [0.2, 0.25) is 0 Å². The third kappa shape index (κ3) is 0.871. The van der Waals surface area contributed by atoms with Gasteiger partial charge in [0.1, 0.15) is 0 Å². The summed E-state index contributed by atoms with van der Waals surface area (Å²) in [6.07, 6.45) is 12.2. The quantitative estimate of drug-likeness (QED) is 0.582. The molecular weight excluding hydrogens is 216 g/mol. The molecule has 1 spiro atoms. The van der Waals surface area contributed by atoms with Crippen LogP contribution in [-0.4, -0.2) is 0 Å². The Balaban J connectivity index is 2.07. The lowest BCUT2D eigenvalue weighted by atomic mass is 9.59. The number of fused-ring (bicyclic) bond motifs is 1. The van der Waals surface area contributed by atoms with E-state index in [0.29, 0.717) is 5.92 Å². The summed E-state index contributed by atoms with van der Waals surface area (Å²) in [6, 6.07) is 11.3. The van der Waals surface area contributed by atoms with Gasteiger partial charge in [0, 0.05) is 11.3 Å². The molecular formula is C18H14. The van der Waals surface area contributed by atoms with Crippen molar-refractivity contribution >= 4 is 16.8 Å². The summed E-state index contributed by atoms with van der Waals surface area (Å²) >= 11 is 0. The van der Waals surface area contributed by atoms with Crippen LogP contribution in [0.1, 0.15) is 35.4 Å². The molecule has 0 N–H and O–H groups in total. The molecule has 18 heavy (non-hydrogen) atoms. The maximum absolute atomic E-state index is 2.45. The SMILES string of the molecule is C1=C[C@@]23C=C[C@@H](CC2)c2ccc4cccc1c4c23. The highest BCUT2D eigenvalue weighted by molar-refractivity contribution is 5.98. The molecule has 2 aromatic rings. The molecule has 4 aliphatic carbocycles. The Morgan fingerprint density at radius 3 is 2.94 bits per heavy atom. The van der Waals surface area contributed by atoms with Crippen LogP contribution in [0.2, 0.25) is 0 Å². The number of hydrogen-bond acceptors (Lipinski definition) is 0. The van der Waals surface area contributed by atoms with Crippen LogP contribution in [0.25, 0.3) is 16.8 Å². The minimum absolute atomic E-state index is 0.206. The zero-order chi connectivity index (χ0) is 11.7. The molecule has 4 aliphatic rings. The van der Waals surface area contributed by atoms with Crippen LogP contribution in [0.4, 0.5) is 0 Å². The molecule has 0 saturated carbocycles. The van der Waals surface area contributed by atoms with Gasteiger partial charge in [0.05, 0.1) is 0 Å². The first-order valence-corrected chi connectivity index (χ1v) is 6.82. The minimum Gasteiger partial charge on any atom is -0.0798 e. The summed E-state index contributed by atoms with van der Waals surface area (Å²) in [5.74, 6) is 0.658. The van der Waals surface area contributed by atoms with Crippen LogP contribution >= 0.6 is 0 Å². The van der Waals surface area contributed by atoms with Crippen molar-refractivity contribution < 1.29 is 0 Å². The summed E-state index contributed by atoms with van der Waals surface area (Å²) in [6.45, 7) is 0. The highest BCUT2D eigenvalue weighted by atomic mass is 14.4. The summed E-state index contributed by atoms with van der Waals surface area (Å²) in [4.78, 5) is 0. The summed E-state index contributed by atoms with van der Waals surface area (Å²) in [5.41, 5.74) is 4.79. The Labute approximate surface area is 107 Å². The van der Waals surface area contributed by atoms with E-state index in [4.69, 9.17) is 0 Å². The van der Waals surface area contributed by atoms with Crippen molar-refractivity contribution in [1.82, 2.24) is 0 Å². The fraction of sp³-hybridized carbons (Fsp3) is 0.222. The summed E-state index contributed by atoms with van der Waals surface area (Å²) in [7, 11) is 0. The van der Waals surface area contributed by atoms with E-state index >= 15 is 0 Å². The van der Waals surface area contributed by atoms with Crippen molar-refractivity contribution in [3.05, 3.63) is 65.3 Å². The number of rotatable bonds is 0. The van der Waals surface area contributed by atoms with Gasteiger partial charge in [-0.15, -0.1) is 0 Å². The molecule has 0 radical (unpaired) electrons. The standard InChI is InChI=1S/C18H14/c1-2-13-4-5-15-12-6-9-18(10-7-12)11-8-14(3-1)16(13)17(15)18/h1-6,8-9,11-12H,7,10H2/t12-,18+/m0/s1. The topological polar surface area (TPSA) is 0 Å². The number of allylic oxidation sites excluding steroid dienone is 3. The van der Waals surface area contributed by atoms with Gasteiger partial charge in [-0.25, -0.2) is 0 Å². The van der Waals surface area contributed by atoms with E-state index in [-0.39, 0.29) is 5.41 Å². The normalized spacial score (nSPS) is 30.1. The fourth-order valence-corrected chi connectivity index (χ4v) is 4.16. The van der Waals surface area contributed by atoms with E-state index < -0.39 is 0 Å². The predicted molar refractivity (Wildman–Crippen MR) is 75.8 cm³/mol. The van der Waals surface area contributed by atoms with Crippen molar-refractivity contribution in [2.24, 2.45) is 0 Å². The van der Waals surface area contributed by atoms with Gasteiger partial charge in [-0.3, -0.25) is 0 Å². The van der Waals surface area contributed by atoms with Gasteiger partial charge in [-0.1, -0.05) is 54.6 Å². The summed E-state index contributed by atoms with van der Waals surface area (Å²) < 4.78 is 0. The molecule has 0 unspecified atom stereocenters. The Morgan fingerprint density at radius 2 is 2.06 bits per heavy atom. The van der Waals surface area contributed by atoms with Gasteiger partial charge in [0.15, 0.2) is 0 Å². The largest absolute Gasteiger partial charge is 0.0798 e. The van der Waals surface area contributed by atoms with Gasteiger partial charge >= 0.3 is 0 Å². The molecule has 0 heteroatoms. The first kappa shape index (κ1) is 9.16. The molecule has 2 bridgehead atoms. The van der Waals surface area contributed by atoms with Crippen molar-refractivity contribution in [1.29, 1.82) is 0 Å². The van der Waals surface area contributed by atoms with Crippen molar-refractivity contribution in [3.8, 4) is 0 Å². The first-order chi connectivity index (χ1) is 8.87. The molecule has 6 rings (SSSR count). The second-order valence-corrected chi connectivity index (χ2v) is 5.85. The van der Waals surface area contributed by atoms with Crippen molar-refractivity contribution in [2.75, 3.05) is 0 Å². The first-order valence-electron chi connectivity index (χ1n) is 6.82. The summed E-state index contributed by atoms with van der Waals surface area (Å²) in [5, 5.41) is 2.91. The third-order valence-corrected chi connectivity index (χ3v) is 5.03. The lowest BCUT2D eigenvalue weighted by Crippen LogP contribution is -2.33. The maximum atomic E-state index is 2.45. The number of hydrogen-bond donors (Lipinski definition) is 0. The van der Waals surface area contributed by atoms with Crippen LogP contribution in [0.15, 0.2) is 48.6 Å². The van der Waals surface area contributed by atoms with Gasteiger partial charge in [0.25, 0.3) is 0 Å². The Bertz CT molecular complexity index is 748. The maximum Gasteiger partial charge on any atom is 0.0325 e. The van der Waals surface area contributed by atoms with E-state index in [9.17, 15) is 0 Å². The Hall–Kier alpha value is -1.82. The van der Waals surface area contributed by atoms with Crippen LogP contribution in [-0.2, 0) is 5.41 Å². The fourth-order valence-electron chi connectivity index (χ4n) is 4.16. The van der Waals surface area contributed by atoms with E-state index in [2.05, 4.69) is 54.6 Å². The Morgan fingerprint density at radius 1 is 1.06 bits per heavy atom. The molecule has 0 heterocycles. The van der Waals surface area contributed by atoms with E-state index in [1.807, 2.05) is 0 Å². The lowest BCUT2D eigenvalue weighted by molar-refractivity contribution is 0.474. The zero-order valence-corrected chi connectivity index (χ0v) is 10.2. The zero-order valence-electron chi connectivity index (χ0n) is 10.2. The second-order valence-electron chi connectivity index (χ2n) is 5.85. The second kappa shape index (κ2) is 2.77.